The summed E-state index contributed by atoms with van der Waals surface area (Å²) in [5.74, 6) is 3.00. The molecule has 1 amide bonds. The van der Waals surface area contributed by atoms with Crippen LogP contribution in [0.3, 0.4) is 0 Å². The first kappa shape index (κ1) is 20.5. The van der Waals surface area contributed by atoms with Crippen LogP contribution in [-0.2, 0) is 17.8 Å². The van der Waals surface area contributed by atoms with Crippen LogP contribution in [0.2, 0.25) is 0 Å². The van der Waals surface area contributed by atoms with Crippen molar-refractivity contribution in [2.45, 2.75) is 45.4 Å². The first-order chi connectivity index (χ1) is 13.1. The van der Waals surface area contributed by atoms with Crippen molar-refractivity contribution >= 4 is 35.0 Å². The van der Waals surface area contributed by atoms with E-state index in [9.17, 15) is 4.79 Å². The van der Waals surface area contributed by atoms with E-state index in [1.807, 2.05) is 16.2 Å². The van der Waals surface area contributed by atoms with E-state index >= 15 is 0 Å². The number of aliphatic imine (C=N–C) groups is 1. The monoisotopic (exact) mass is 408 g/mol. The highest BCUT2D eigenvalue weighted by Gasteiger charge is 2.25. The van der Waals surface area contributed by atoms with Gasteiger partial charge in [0.15, 0.2) is 5.96 Å². The number of amides is 1. The highest BCUT2D eigenvalue weighted by molar-refractivity contribution is 8.00. The molecule has 3 rings (SSSR count). The van der Waals surface area contributed by atoms with Crippen molar-refractivity contribution < 1.29 is 4.79 Å². The summed E-state index contributed by atoms with van der Waals surface area (Å²) < 4.78 is 0. The van der Waals surface area contributed by atoms with E-state index in [1.165, 1.54) is 10.4 Å². The zero-order valence-corrected chi connectivity index (χ0v) is 18.4. The molecule has 1 aromatic heterocycles. The molecule has 1 atom stereocenters. The van der Waals surface area contributed by atoms with E-state index in [2.05, 4.69) is 54.2 Å². The zero-order valence-electron chi connectivity index (χ0n) is 16.7. The normalized spacial score (nSPS) is 20.7. The summed E-state index contributed by atoms with van der Waals surface area (Å²) in [5, 5.41) is 6.20. The summed E-state index contributed by atoms with van der Waals surface area (Å²) in [6.45, 7) is 11.8. The SMILES string of the molecule is CCNC(=NCCC(=O)N1CCc2sccc2C1)N1CCSC(C(C)C)C1. The molecule has 0 aromatic carbocycles. The number of thiophene rings is 1. The summed E-state index contributed by atoms with van der Waals surface area (Å²) >= 11 is 3.88. The summed E-state index contributed by atoms with van der Waals surface area (Å²) in [7, 11) is 0. The van der Waals surface area contributed by atoms with Gasteiger partial charge in [-0.25, -0.2) is 0 Å². The molecule has 2 aliphatic rings. The molecular weight excluding hydrogens is 376 g/mol. The summed E-state index contributed by atoms with van der Waals surface area (Å²) in [6, 6.07) is 2.15. The number of rotatable bonds is 5. The Kier molecular flexibility index (Phi) is 7.47. The molecule has 1 aromatic rings. The second-order valence-corrected chi connectivity index (χ2v) is 9.87. The summed E-state index contributed by atoms with van der Waals surface area (Å²) in [5.41, 5.74) is 1.32. The lowest BCUT2D eigenvalue weighted by Crippen LogP contribution is -2.49. The van der Waals surface area contributed by atoms with Crippen LogP contribution in [0.15, 0.2) is 16.4 Å². The van der Waals surface area contributed by atoms with Gasteiger partial charge in [-0.1, -0.05) is 13.8 Å². The van der Waals surface area contributed by atoms with Gasteiger partial charge in [0.1, 0.15) is 0 Å². The third-order valence-electron chi connectivity index (χ3n) is 5.22. The highest BCUT2D eigenvalue weighted by Crippen LogP contribution is 2.25. The minimum atomic E-state index is 0.223. The van der Waals surface area contributed by atoms with Gasteiger partial charge in [0.05, 0.1) is 6.54 Å². The van der Waals surface area contributed by atoms with Crippen molar-refractivity contribution in [2.24, 2.45) is 10.9 Å². The maximum Gasteiger partial charge on any atom is 0.224 e. The molecule has 7 heteroatoms. The van der Waals surface area contributed by atoms with E-state index < -0.39 is 0 Å². The molecule has 0 bridgehead atoms. The molecule has 27 heavy (non-hydrogen) atoms. The Morgan fingerprint density at radius 3 is 3.00 bits per heavy atom. The number of hydrogen-bond donors (Lipinski definition) is 1. The fourth-order valence-corrected chi connectivity index (χ4v) is 5.76. The number of carbonyl (C=O) groups is 1. The predicted molar refractivity (Wildman–Crippen MR) is 117 cm³/mol. The number of thioether (sulfide) groups is 1. The quantitative estimate of drug-likeness (QED) is 0.601. The maximum atomic E-state index is 12.6. The lowest BCUT2D eigenvalue weighted by molar-refractivity contribution is -0.131. The molecule has 3 heterocycles. The van der Waals surface area contributed by atoms with Crippen LogP contribution in [0.1, 0.15) is 37.6 Å². The first-order valence-electron chi connectivity index (χ1n) is 10.1. The Bertz CT molecular complexity index is 658. The van der Waals surface area contributed by atoms with Crippen LogP contribution >= 0.6 is 23.1 Å². The van der Waals surface area contributed by atoms with Gasteiger partial charge in [-0.3, -0.25) is 9.79 Å². The van der Waals surface area contributed by atoms with Gasteiger partial charge in [-0.05, 0) is 36.3 Å². The third kappa shape index (κ3) is 5.41. The van der Waals surface area contributed by atoms with Crippen molar-refractivity contribution in [2.75, 3.05) is 38.5 Å². The molecule has 0 aliphatic carbocycles. The van der Waals surface area contributed by atoms with Crippen LogP contribution in [0.5, 0.6) is 0 Å². The molecule has 1 unspecified atom stereocenters. The fourth-order valence-electron chi connectivity index (χ4n) is 3.57. The maximum absolute atomic E-state index is 12.6. The molecule has 1 saturated heterocycles. The number of guanidine groups is 1. The minimum absolute atomic E-state index is 0.223. The molecule has 1 fully saturated rings. The highest BCUT2D eigenvalue weighted by atomic mass is 32.2. The average Bonchev–Trinajstić information content (AvgIpc) is 3.15. The van der Waals surface area contributed by atoms with Crippen LogP contribution < -0.4 is 5.32 Å². The number of nitrogens with one attached hydrogen (secondary N) is 1. The van der Waals surface area contributed by atoms with Crippen molar-refractivity contribution in [1.29, 1.82) is 0 Å². The molecule has 0 radical (unpaired) electrons. The molecule has 5 nitrogen and oxygen atoms in total. The van der Waals surface area contributed by atoms with E-state index in [0.29, 0.717) is 24.1 Å². The average molecular weight is 409 g/mol. The molecule has 0 saturated carbocycles. The van der Waals surface area contributed by atoms with Gasteiger partial charge in [-0.15, -0.1) is 11.3 Å². The van der Waals surface area contributed by atoms with Gasteiger partial charge in [0.25, 0.3) is 0 Å². The molecule has 1 N–H and O–H groups in total. The van der Waals surface area contributed by atoms with Crippen LogP contribution in [0.4, 0.5) is 0 Å². The Morgan fingerprint density at radius 2 is 2.22 bits per heavy atom. The second-order valence-electron chi connectivity index (χ2n) is 7.52. The van der Waals surface area contributed by atoms with Crippen molar-refractivity contribution in [3.8, 4) is 0 Å². The Labute approximate surface area is 171 Å². The molecular formula is C20H32N4OS2. The predicted octanol–water partition coefficient (Wildman–Crippen LogP) is 3.06. The minimum Gasteiger partial charge on any atom is -0.357 e. The van der Waals surface area contributed by atoms with E-state index in [0.717, 1.165) is 50.9 Å². The van der Waals surface area contributed by atoms with Crippen LogP contribution in [0, 0.1) is 5.92 Å². The summed E-state index contributed by atoms with van der Waals surface area (Å²) in [6.07, 6.45) is 1.48. The number of nitrogens with zero attached hydrogens (tertiary/aromatic N) is 3. The molecule has 2 aliphatic heterocycles. The second kappa shape index (κ2) is 9.82. The topological polar surface area (TPSA) is 47.9 Å². The lowest BCUT2D eigenvalue weighted by Gasteiger charge is -2.36. The van der Waals surface area contributed by atoms with Gasteiger partial charge in [0, 0.05) is 55.0 Å². The Balaban J connectivity index is 1.53. The summed E-state index contributed by atoms with van der Waals surface area (Å²) in [4.78, 5) is 23.2. The fraction of sp³-hybridized carbons (Fsp3) is 0.700. The smallest absolute Gasteiger partial charge is 0.224 e. The van der Waals surface area contributed by atoms with Crippen molar-refractivity contribution in [3.05, 3.63) is 21.9 Å². The van der Waals surface area contributed by atoms with Gasteiger partial charge >= 0.3 is 0 Å². The van der Waals surface area contributed by atoms with Gasteiger partial charge in [0.2, 0.25) is 5.91 Å². The van der Waals surface area contributed by atoms with E-state index in [-0.39, 0.29) is 5.91 Å². The lowest BCUT2D eigenvalue weighted by atomic mass is 10.1. The van der Waals surface area contributed by atoms with Crippen molar-refractivity contribution in [3.63, 3.8) is 0 Å². The standard InChI is InChI=1S/C20H32N4OS2/c1-4-21-20(24-10-12-27-18(14-24)15(2)3)22-8-5-19(25)23-9-6-17-16(13-23)7-11-26-17/h7,11,15,18H,4-6,8-10,12-14H2,1-3H3,(H,21,22). The van der Waals surface area contributed by atoms with Gasteiger partial charge < -0.3 is 15.1 Å². The zero-order chi connectivity index (χ0) is 19.2. The number of carbonyl (C=O) groups excluding carboxylic acids is 1. The molecule has 150 valence electrons. The van der Waals surface area contributed by atoms with E-state index in [4.69, 9.17) is 4.99 Å². The largest absolute Gasteiger partial charge is 0.357 e. The molecule has 0 spiro atoms. The number of fused-ring (bicyclic) bond motifs is 1. The van der Waals surface area contributed by atoms with Crippen molar-refractivity contribution in [1.82, 2.24) is 15.1 Å². The van der Waals surface area contributed by atoms with Crippen LogP contribution in [-0.4, -0.2) is 65.4 Å². The third-order valence-corrected chi connectivity index (χ3v) is 7.78. The van der Waals surface area contributed by atoms with Crippen LogP contribution in [0.25, 0.3) is 0 Å². The number of hydrogen-bond acceptors (Lipinski definition) is 4. The van der Waals surface area contributed by atoms with Gasteiger partial charge in [-0.2, -0.15) is 11.8 Å². The van der Waals surface area contributed by atoms with E-state index in [1.54, 1.807) is 0 Å². The first-order valence-corrected chi connectivity index (χ1v) is 12.0. The Morgan fingerprint density at radius 1 is 1.37 bits per heavy atom. The Hall–Kier alpha value is -1.21.